The van der Waals surface area contributed by atoms with Gasteiger partial charge in [-0.05, 0) is 19.1 Å². The third kappa shape index (κ3) is 4.19. The summed E-state index contributed by atoms with van der Waals surface area (Å²) in [7, 11) is 1.26. The number of carbonyl (C=O) groups is 1. The minimum Gasteiger partial charge on any atom is -0.438 e. The minimum atomic E-state index is -0.718. The number of rotatable bonds is 1. The smallest absolute Gasteiger partial charge is 0.438 e. The second-order valence-corrected chi connectivity index (χ2v) is 2.85. The van der Waals surface area contributed by atoms with Gasteiger partial charge >= 0.3 is 6.16 Å². The Kier molecular flexibility index (Phi) is 4.24. The Labute approximate surface area is 89.0 Å². The summed E-state index contributed by atoms with van der Waals surface area (Å²) >= 11 is 0. The van der Waals surface area contributed by atoms with E-state index in [4.69, 9.17) is 4.74 Å². The highest BCUT2D eigenvalue weighted by molar-refractivity contribution is 5.60. The third-order valence-electron chi connectivity index (χ3n) is 1.63. The second kappa shape index (κ2) is 5.71. The first kappa shape index (κ1) is 11.1. The standard InChI is InChI=1S/C12H12O3/c1-10(15-12(13)14-2)8-9-11-6-4-3-5-7-11/h3-7,10H,1-2H3. The Balaban J connectivity index is 2.55. The van der Waals surface area contributed by atoms with Crippen LogP contribution in [0.25, 0.3) is 0 Å². The zero-order valence-electron chi connectivity index (χ0n) is 8.69. The van der Waals surface area contributed by atoms with Crippen molar-refractivity contribution in [3.63, 3.8) is 0 Å². The normalized spacial score (nSPS) is 10.8. The Morgan fingerprint density at radius 3 is 2.60 bits per heavy atom. The van der Waals surface area contributed by atoms with Crippen molar-refractivity contribution in [3.8, 4) is 11.8 Å². The van der Waals surface area contributed by atoms with Gasteiger partial charge in [-0.1, -0.05) is 30.0 Å². The first-order valence-corrected chi connectivity index (χ1v) is 4.53. The summed E-state index contributed by atoms with van der Waals surface area (Å²) < 4.78 is 9.13. The van der Waals surface area contributed by atoms with E-state index in [0.717, 1.165) is 5.56 Å². The molecule has 1 aromatic carbocycles. The number of methoxy groups -OCH3 is 1. The highest BCUT2D eigenvalue weighted by atomic mass is 16.7. The molecule has 78 valence electrons. The number of hydrogen-bond donors (Lipinski definition) is 0. The van der Waals surface area contributed by atoms with Crippen molar-refractivity contribution in [1.29, 1.82) is 0 Å². The molecule has 0 aliphatic carbocycles. The molecular weight excluding hydrogens is 192 g/mol. The van der Waals surface area contributed by atoms with Gasteiger partial charge in [0.2, 0.25) is 0 Å². The largest absolute Gasteiger partial charge is 0.509 e. The Morgan fingerprint density at radius 1 is 1.33 bits per heavy atom. The van der Waals surface area contributed by atoms with Gasteiger partial charge in [0.15, 0.2) is 6.10 Å². The molecule has 1 aromatic rings. The molecule has 3 heteroatoms. The highest BCUT2D eigenvalue weighted by Crippen LogP contribution is 1.97. The van der Waals surface area contributed by atoms with E-state index in [9.17, 15) is 4.79 Å². The average Bonchev–Trinajstić information content (AvgIpc) is 2.27. The van der Waals surface area contributed by atoms with Crippen LogP contribution in [0.2, 0.25) is 0 Å². The van der Waals surface area contributed by atoms with Crippen LogP contribution in [0.15, 0.2) is 30.3 Å². The average molecular weight is 204 g/mol. The van der Waals surface area contributed by atoms with Crippen LogP contribution in [0.4, 0.5) is 4.79 Å². The molecule has 0 aliphatic rings. The maximum atomic E-state index is 10.7. The van der Waals surface area contributed by atoms with Crippen LogP contribution in [0, 0.1) is 11.8 Å². The molecule has 1 atom stereocenters. The quantitative estimate of drug-likeness (QED) is 0.519. The summed E-state index contributed by atoms with van der Waals surface area (Å²) in [5.74, 6) is 5.68. The van der Waals surface area contributed by atoms with Gasteiger partial charge in [0.05, 0.1) is 7.11 Å². The first-order chi connectivity index (χ1) is 7.22. The molecule has 3 nitrogen and oxygen atoms in total. The minimum absolute atomic E-state index is 0.474. The van der Waals surface area contributed by atoms with Gasteiger partial charge in [-0.2, -0.15) is 0 Å². The van der Waals surface area contributed by atoms with Gasteiger partial charge in [-0.15, -0.1) is 0 Å². The molecule has 15 heavy (non-hydrogen) atoms. The van der Waals surface area contributed by atoms with Gasteiger partial charge < -0.3 is 9.47 Å². The number of benzene rings is 1. The predicted molar refractivity (Wildman–Crippen MR) is 56.3 cm³/mol. The number of ether oxygens (including phenoxy) is 2. The SMILES string of the molecule is COC(=O)OC(C)C#Cc1ccccc1. The Bertz CT molecular complexity index is 373. The predicted octanol–water partition coefficient (Wildman–Crippen LogP) is 2.21. The van der Waals surface area contributed by atoms with E-state index >= 15 is 0 Å². The van der Waals surface area contributed by atoms with Crippen LogP contribution in [-0.4, -0.2) is 19.4 Å². The van der Waals surface area contributed by atoms with Crippen LogP contribution in [-0.2, 0) is 9.47 Å². The summed E-state index contributed by atoms with van der Waals surface area (Å²) in [5.41, 5.74) is 0.887. The lowest BCUT2D eigenvalue weighted by Gasteiger charge is -2.04. The number of hydrogen-bond acceptors (Lipinski definition) is 3. The molecule has 0 heterocycles. The maximum Gasteiger partial charge on any atom is 0.509 e. The molecule has 0 amide bonds. The van der Waals surface area contributed by atoms with E-state index in [0.29, 0.717) is 0 Å². The number of carbonyl (C=O) groups excluding carboxylic acids is 1. The molecule has 0 saturated heterocycles. The summed E-state index contributed by atoms with van der Waals surface area (Å²) in [6, 6.07) is 9.49. The zero-order valence-corrected chi connectivity index (χ0v) is 8.69. The Morgan fingerprint density at radius 2 is 2.00 bits per heavy atom. The summed E-state index contributed by atoms with van der Waals surface area (Å²) in [6.45, 7) is 1.69. The van der Waals surface area contributed by atoms with Gasteiger partial charge in [0.1, 0.15) is 0 Å². The molecule has 0 spiro atoms. The van der Waals surface area contributed by atoms with Gasteiger partial charge in [0.25, 0.3) is 0 Å². The fourth-order valence-electron chi connectivity index (χ4n) is 0.928. The van der Waals surface area contributed by atoms with Crippen molar-refractivity contribution in [1.82, 2.24) is 0 Å². The van der Waals surface area contributed by atoms with Crippen LogP contribution in [0.3, 0.4) is 0 Å². The van der Waals surface area contributed by atoms with Crippen molar-refractivity contribution in [2.45, 2.75) is 13.0 Å². The van der Waals surface area contributed by atoms with Gasteiger partial charge in [-0.3, -0.25) is 0 Å². The van der Waals surface area contributed by atoms with Crippen molar-refractivity contribution in [2.24, 2.45) is 0 Å². The van der Waals surface area contributed by atoms with E-state index in [-0.39, 0.29) is 0 Å². The van der Waals surface area contributed by atoms with Crippen molar-refractivity contribution in [3.05, 3.63) is 35.9 Å². The van der Waals surface area contributed by atoms with Crippen molar-refractivity contribution in [2.75, 3.05) is 7.11 Å². The molecule has 0 radical (unpaired) electrons. The van der Waals surface area contributed by atoms with Crippen LogP contribution in [0.5, 0.6) is 0 Å². The fourth-order valence-corrected chi connectivity index (χ4v) is 0.928. The lowest BCUT2D eigenvalue weighted by atomic mass is 10.2. The molecule has 0 fully saturated rings. The lowest BCUT2D eigenvalue weighted by Crippen LogP contribution is -2.12. The van der Waals surface area contributed by atoms with Crippen LogP contribution >= 0.6 is 0 Å². The van der Waals surface area contributed by atoms with Crippen LogP contribution < -0.4 is 0 Å². The molecule has 0 aromatic heterocycles. The summed E-state index contributed by atoms with van der Waals surface area (Å²) in [6.07, 6.45) is -1.19. The lowest BCUT2D eigenvalue weighted by molar-refractivity contribution is 0.0604. The zero-order chi connectivity index (χ0) is 11.1. The molecule has 0 N–H and O–H groups in total. The fraction of sp³-hybridized carbons (Fsp3) is 0.250. The second-order valence-electron chi connectivity index (χ2n) is 2.85. The van der Waals surface area contributed by atoms with E-state index in [1.165, 1.54) is 7.11 Å². The molecule has 1 rings (SSSR count). The monoisotopic (exact) mass is 204 g/mol. The van der Waals surface area contributed by atoms with Crippen LogP contribution in [0.1, 0.15) is 12.5 Å². The van der Waals surface area contributed by atoms with E-state index in [2.05, 4.69) is 16.6 Å². The maximum absolute atomic E-state index is 10.7. The third-order valence-corrected chi connectivity index (χ3v) is 1.63. The molecular formula is C12H12O3. The molecule has 1 unspecified atom stereocenters. The van der Waals surface area contributed by atoms with E-state index < -0.39 is 12.3 Å². The highest BCUT2D eigenvalue weighted by Gasteiger charge is 2.04. The summed E-state index contributed by atoms with van der Waals surface area (Å²) in [4.78, 5) is 10.7. The molecule has 0 bridgehead atoms. The molecule has 0 aliphatic heterocycles. The van der Waals surface area contributed by atoms with E-state index in [1.807, 2.05) is 30.3 Å². The van der Waals surface area contributed by atoms with Gasteiger partial charge in [-0.25, -0.2) is 4.79 Å². The Hall–Kier alpha value is -1.95. The topological polar surface area (TPSA) is 35.5 Å². The van der Waals surface area contributed by atoms with Crippen molar-refractivity contribution < 1.29 is 14.3 Å². The van der Waals surface area contributed by atoms with Crippen molar-refractivity contribution >= 4 is 6.16 Å². The first-order valence-electron chi connectivity index (χ1n) is 4.53. The van der Waals surface area contributed by atoms with Gasteiger partial charge in [0, 0.05) is 5.56 Å². The molecule has 0 saturated carbocycles. The summed E-state index contributed by atoms with van der Waals surface area (Å²) in [5, 5.41) is 0. The van der Waals surface area contributed by atoms with E-state index in [1.54, 1.807) is 6.92 Å².